The summed E-state index contributed by atoms with van der Waals surface area (Å²) in [6.45, 7) is 8.48. The van der Waals surface area contributed by atoms with Crippen molar-refractivity contribution >= 4 is 44.5 Å². The van der Waals surface area contributed by atoms with E-state index in [2.05, 4.69) is 26.0 Å². The van der Waals surface area contributed by atoms with Crippen molar-refractivity contribution in [1.29, 1.82) is 0 Å². The molecule has 0 aliphatic carbocycles. The normalized spacial score (nSPS) is 14.0. The van der Waals surface area contributed by atoms with Gasteiger partial charge in [0, 0.05) is 36.8 Å². The number of piperidine rings is 1. The highest BCUT2D eigenvalue weighted by molar-refractivity contribution is 9.10. The quantitative estimate of drug-likeness (QED) is 0.165. The minimum atomic E-state index is -0.540. The van der Waals surface area contributed by atoms with Crippen molar-refractivity contribution in [2.75, 3.05) is 18.8 Å². The number of nitrogens with two attached hydrogens (primary N) is 1. The Morgan fingerprint density at radius 3 is 2.47 bits per heavy atom. The van der Waals surface area contributed by atoms with Gasteiger partial charge in [0.05, 0.1) is 27.6 Å². The lowest BCUT2D eigenvalue weighted by Gasteiger charge is -2.33. The zero-order chi connectivity index (χ0) is 33.5. The van der Waals surface area contributed by atoms with E-state index in [0.29, 0.717) is 48.8 Å². The molecule has 1 aliphatic heterocycles. The van der Waals surface area contributed by atoms with Crippen LogP contribution in [0, 0.1) is 12.7 Å². The summed E-state index contributed by atoms with van der Waals surface area (Å²) in [5.74, 6) is 0.671. The van der Waals surface area contributed by atoms with E-state index < -0.39 is 11.4 Å². The summed E-state index contributed by atoms with van der Waals surface area (Å²) in [5, 5.41) is 5.17. The molecule has 0 spiro atoms. The number of amides is 1. The van der Waals surface area contributed by atoms with Crippen LogP contribution in [0.2, 0.25) is 0 Å². The van der Waals surface area contributed by atoms with Crippen LogP contribution in [0.3, 0.4) is 0 Å². The Bertz CT molecular complexity index is 1970. The first-order chi connectivity index (χ1) is 22.4. The number of aromatic amines is 1. The first kappa shape index (κ1) is 32.1. The van der Waals surface area contributed by atoms with Crippen molar-refractivity contribution in [2.45, 2.75) is 52.2 Å². The van der Waals surface area contributed by atoms with Crippen molar-refractivity contribution in [1.82, 2.24) is 19.7 Å². The van der Waals surface area contributed by atoms with Crippen LogP contribution in [0.25, 0.3) is 16.6 Å². The maximum atomic E-state index is 14.1. The molecule has 3 N–H and O–H groups in total. The van der Waals surface area contributed by atoms with Gasteiger partial charge < -0.3 is 29.8 Å². The fourth-order valence-corrected chi connectivity index (χ4v) is 5.85. The molecule has 6 rings (SSSR count). The zero-order valence-corrected chi connectivity index (χ0v) is 28.1. The van der Waals surface area contributed by atoms with E-state index in [1.807, 2.05) is 39.8 Å². The van der Waals surface area contributed by atoms with Gasteiger partial charge in [0.15, 0.2) is 11.6 Å². The summed E-state index contributed by atoms with van der Waals surface area (Å²) in [6, 6.07) is 17.0. The van der Waals surface area contributed by atoms with Crippen LogP contribution >= 0.6 is 15.9 Å². The molecule has 0 atom stereocenters. The molecule has 1 saturated heterocycles. The van der Waals surface area contributed by atoms with E-state index in [4.69, 9.17) is 19.9 Å². The Kier molecular flexibility index (Phi) is 8.71. The van der Waals surface area contributed by atoms with Crippen molar-refractivity contribution in [3.63, 3.8) is 0 Å². The minimum Gasteiger partial charge on any atom is -0.489 e. The van der Waals surface area contributed by atoms with Gasteiger partial charge in [-0.2, -0.15) is 5.10 Å². The minimum absolute atomic E-state index is 0.0723. The number of rotatable bonds is 7. The van der Waals surface area contributed by atoms with Gasteiger partial charge in [-0.3, -0.25) is 4.79 Å². The van der Waals surface area contributed by atoms with E-state index in [1.54, 1.807) is 47.4 Å². The van der Waals surface area contributed by atoms with E-state index in [9.17, 15) is 14.0 Å². The molecule has 5 aromatic rings. The molecule has 1 aliphatic rings. The summed E-state index contributed by atoms with van der Waals surface area (Å²) in [6.07, 6.45) is 2.40. The molecule has 1 amide bonds. The number of halogens is 2. The molecule has 10 nitrogen and oxygen atoms in total. The molecular weight excluding hydrogens is 669 g/mol. The Balaban J connectivity index is 1.15. The van der Waals surface area contributed by atoms with Crippen LogP contribution < -0.4 is 15.2 Å². The molecule has 244 valence electrons. The molecule has 0 unspecified atom stereocenters. The number of aromatic nitrogens is 3. The first-order valence-corrected chi connectivity index (χ1v) is 16.0. The molecule has 47 heavy (non-hydrogen) atoms. The average Bonchev–Trinajstić information content (AvgIpc) is 3.61. The highest BCUT2D eigenvalue weighted by Crippen LogP contribution is 2.34. The second-order valence-corrected chi connectivity index (χ2v) is 13.4. The number of nitrogens with zero attached hydrogens (tertiary/aromatic N) is 3. The van der Waals surface area contributed by atoms with Gasteiger partial charge in [-0.1, -0.05) is 12.1 Å². The third kappa shape index (κ3) is 6.97. The van der Waals surface area contributed by atoms with Gasteiger partial charge in [0.1, 0.15) is 29.0 Å². The van der Waals surface area contributed by atoms with Crippen LogP contribution in [0.5, 0.6) is 17.2 Å². The fraction of sp³-hybridized carbons (Fsp3) is 0.286. The number of para-hydroxylation sites is 1. The van der Waals surface area contributed by atoms with Crippen LogP contribution in [0.1, 0.15) is 55.2 Å². The van der Waals surface area contributed by atoms with Crippen molar-refractivity contribution in [3.05, 3.63) is 94.0 Å². The van der Waals surface area contributed by atoms with Crippen molar-refractivity contribution < 1.29 is 28.2 Å². The number of fused-ring (bicyclic) bond motifs is 1. The molecule has 0 bridgehead atoms. The van der Waals surface area contributed by atoms with Crippen LogP contribution in [-0.4, -0.2) is 56.3 Å². The number of hydrogen-bond donors (Lipinski definition) is 2. The van der Waals surface area contributed by atoms with Crippen molar-refractivity contribution in [3.8, 4) is 22.9 Å². The Morgan fingerprint density at radius 2 is 1.77 bits per heavy atom. The number of anilines is 1. The topological polar surface area (TPSA) is 125 Å². The molecule has 0 radical (unpaired) electrons. The number of nitrogen functional groups attached to an aromatic ring is 1. The highest BCUT2D eigenvalue weighted by Gasteiger charge is 2.28. The first-order valence-electron chi connectivity index (χ1n) is 15.2. The average molecular weight is 705 g/mol. The third-order valence-corrected chi connectivity index (χ3v) is 8.44. The second kappa shape index (κ2) is 12.7. The smallest absolute Gasteiger partial charge is 0.410 e. The fourth-order valence-electron chi connectivity index (χ4n) is 5.42. The number of carbonyl (C=O) groups excluding carboxylic acids is 2. The predicted octanol–water partition coefficient (Wildman–Crippen LogP) is 7.95. The van der Waals surface area contributed by atoms with Gasteiger partial charge in [0.25, 0.3) is 0 Å². The monoisotopic (exact) mass is 703 g/mol. The zero-order valence-electron chi connectivity index (χ0n) is 26.5. The molecule has 2 aromatic heterocycles. The molecule has 3 heterocycles. The molecule has 0 saturated carbocycles. The van der Waals surface area contributed by atoms with Gasteiger partial charge >= 0.3 is 6.09 Å². The maximum Gasteiger partial charge on any atom is 0.410 e. The van der Waals surface area contributed by atoms with Crippen molar-refractivity contribution in [2.24, 2.45) is 0 Å². The Morgan fingerprint density at radius 1 is 1.02 bits per heavy atom. The summed E-state index contributed by atoms with van der Waals surface area (Å²) in [5.41, 5.74) is 8.60. The van der Waals surface area contributed by atoms with Crippen LogP contribution in [0.4, 0.5) is 15.0 Å². The number of benzene rings is 3. The lowest BCUT2D eigenvalue weighted by atomic mass is 10.1. The highest BCUT2D eigenvalue weighted by atomic mass is 79.9. The molecular formula is C35H35BrFN5O5. The lowest BCUT2D eigenvalue weighted by molar-refractivity contribution is 0.0126. The Hall–Kier alpha value is -4.84. The summed E-state index contributed by atoms with van der Waals surface area (Å²) < 4.78 is 33.9. The largest absolute Gasteiger partial charge is 0.489 e. The number of ether oxygens (including phenoxy) is 3. The summed E-state index contributed by atoms with van der Waals surface area (Å²) >= 11 is 3.60. The second-order valence-electron chi connectivity index (χ2n) is 12.5. The van der Waals surface area contributed by atoms with Gasteiger partial charge in [-0.05, 0) is 97.7 Å². The summed E-state index contributed by atoms with van der Waals surface area (Å²) in [4.78, 5) is 30.9. The predicted molar refractivity (Wildman–Crippen MR) is 180 cm³/mol. The molecule has 1 fully saturated rings. The van der Waals surface area contributed by atoms with Crippen LogP contribution in [-0.2, 0) is 4.74 Å². The molecule has 12 heteroatoms. The van der Waals surface area contributed by atoms with E-state index >= 15 is 0 Å². The van der Waals surface area contributed by atoms with E-state index in [0.717, 1.165) is 20.9 Å². The Labute approximate surface area is 279 Å². The number of ketones is 1. The maximum absolute atomic E-state index is 14.1. The van der Waals surface area contributed by atoms with Gasteiger partial charge in [-0.25, -0.2) is 13.9 Å². The number of hydrogen-bond acceptors (Lipinski definition) is 7. The van der Waals surface area contributed by atoms with Gasteiger partial charge in [-0.15, -0.1) is 0 Å². The molecule has 3 aromatic carbocycles. The number of likely N-dealkylation sites (tertiary alicyclic amines) is 1. The number of carbonyl (C=O) groups is 2. The SMILES string of the molecule is Cc1cc(-n2ncc(C(=O)c3cc4cc(OC5CCN(C(=O)OC(C)(C)C)CC5)c(Br)cc4[nH]3)c2N)ccc1Oc1ccccc1F. The number of H-pyrrole nitrogens is 1. The van der Waals surface area contributed by atoms with Gasteiger partial charge in [0.2, 0.25) is 5.78 Å². The van der Waals surface area contributed by atoms with Crippen LogP contribution in [0.15, 0.2) is 71.3 Å². The summed E-state index contributed by atoms with van der Waals surface area (Å²) in [7, 11) is 0. The van der Waals surface area contributed by atoms with E-state index in [1.165, 1.54) is 16.9 Å². The number of nitrogens with one attached hydrogen (secondary N) is 1. The van der Waals surface area contributed by atoms with E-state index in [-0.39, 0.29) is 35.1 Å². The lowest BCUT2D eigenvalue weighted by Crippen LogP contribution is -2.44. The third-order valence-electron chi connectivity index (χ3n) is 7.82. The standard InChI is InChI=1S/C35H35BrFN5O5/c1-20-15-22(9-10-29(20)46-30-8-6-5-7-26(30)37)42-33(38)24(19-39-42)32(43)28-16-21-17-31(25(36)18-27(21)40-28)45-23-11-13-41(14-12-23)34(44)47-35(2,3)4/h5-10,15-19,23,40H,11-14,38H2,1-4H3. The number of aryl methyl sites for hydroxylation is 1.